The summed E-state index contributed by atoms with van der Waals surface area (Å²) in [6.45, 7) is 13.8. The molecule has 0 bridgehead atoms. The van der Waals surface area contributed by atoms with Gasteiger partial charge in [-0.15, -0.1) is 0 Å². The first kappa shape index (κ1) is 36.3. The highest BCUT2D eigenvalue weighted by Crippen LogP contribution is 2.37. The summed E-state index contributed by atoms with van der Waals surface area (Å²) in [5.41, 5.74) is 2.04. The Kier molecular flexibility index (Phi) is 15.3. The minimum absolute atomic E-state index is 0.0822. The zero-order valence-corrected chi connectivity index (χ0v) is 27.1. The highest BCUT2D eigenvalue weighted by Gasteiger charge is 2.39. The van der Waals surface area contributed by atoms with Crippen molar-refractivity contribution >= 4 is 11.7 Å². The van der Waals surface area contributed by atoms with Gasteiger partial charge in [0.25, 0.3) is 0 Å². The lowest BCUT2D eigenvalue weighted by Gasteiger charge is -2.44. The van der Waals surface area contributed by atoms with Crippen LogP contribution in [0.1, 0.15) is 92.1 Å². The summed E-state index contributed by atoms with van der Waals surface area (Å²) in [4.78, 5) is 19.4. The fraction of sp³-hybridized carbons (Fsp3) is 0.600. The first-order valence-electron chi connectivity index (χ1n) is 15.5. The summed E-state index contributed by atoms with van der Waals surface area (Å²) < 4.78 is 41.4. The zero-order chi connectivity index (χ0) is 32.0. The average Bonchev–Trinajstić information content (AvgIpc) is 3.14. The average molecular weight is 604 g/mol. The molecule has 0 aromatic heterocycles. The van der Waals surface area contributed by atoms with E-state index < -0.39 is 6.17 Å². The summed E-state index contributed by atoms with van der Waals surface area (Å²) in [6.07, 6.45) is 11.6. The number of hydrogen-bond donors (Lipinski definition) is 1. The quantitative estimate of drug-likeness (QED) is 0.262. The van der Waals surface area contributed by atoms with Gasteiger partial charge in [0.05, 0.1) is 19.3 Å². The van der Waals surface area contributed by atoms with Gasteiger partial charge in [-0.1, -0.05) is 31.2 Å². The molecule has 43 heavy (non-hydrogen) atoms. The van der Waals surface area contributed by atoms with Crippen molar-refractivity contribution < 1.29 is 22.7 Å². The molecule has 4 rings (SSSR count). The number of rotatable bonds is 6. The molecule has 1 amide bonds. The highest BCUT2D eigenvalue weighted by molar-refractivity contribution is 6.00. The summed E-state index contributed by atoms with van der Waals surface area (Å²) in [5.74, 6) is 1.50. The summed E-state index contributed by atoms with van der Waals surface area (Å²) in [6, 6.07) is 8.80. The van der Waals surface area contributed by atoms with Crippen LogP contribution in [0.15, 0.2) is 65.0 Å². The van der Waals surface area contributed by atoms with E-state index in [0.29, 0.717) is 32.5 Å². The molecule has 1 saturated carbocycles. The number of piperidine rings is 1. The highest BCUT2D eigenvalue weighted by atomic mass is 19.1. The van der Waals surface area contributed by atoms with Crippen LogP contribution < -0.4 is 10.1 Å². The molecule has 1 aromatic carbocycles. The van der Waals surface area contributed by atoms with Gasteiger partial charge in [-0.3, -0.25) is 19.1 Å². The van der Waals surface area contributed by atoms with E-state index in [0.717, 1.165) is 55.9 Å². The van der Waals surface area contributed by atoms with Gasteiger partial charge in [-0.25, -0.2) is 8.78 Å². The van der Waals surface area contributed by atoms with Crippen LogP contribution in [0.3, 0.4) is 0 Å². The number of carbonyl (C=O) groups excluding carboxylic acids is 1. The number of ether oxygens (including phenoxy) is 1. The summed E-state index contributed by atoms with van der Waals surface area (Å²) in [7, 11) is 0.500. The number of carbonyl (C=O) groups is 1. The smallest absolute Gasteiger partial charge is 0.222 e. The number of allylic oxidation sites excluding steroid dienone is 6. The Morgan fingerprint density at radius 1 is 1.21 bits per heavy atom. The minimum Gasteiger partial charge on any atom is -0.491 e. The van der Waals surface area contributed by atoms with Crippen LogP contribution >= 0.6 is 0 Å². The molecule has 1 aliphatic heterocycles. The zero-order valence-electron chi connectivity index (χ0n) is 27.1. The molecule has 1 saturated heterocycles. The Hall–Kier alpha value is -2.87. The Balaban J connectivity index is 0.000000496. The molecule has 8 heteroatoms. The minimum atomic E-state index is -0.700. The van der Waals surface area contributed by atoms with E-state index in [4.69, 9.17) is 9.73 Å². The lowest BCUT2D eigenvalue weighted by Crippen LogP contribution is -2.51. The molecule has 2 aliphatic carbocycles. The number of nitrogens with zero attached hydrogens (tertiary/aromatic N) is 2. The van der Waals surface area contributed by atoms with Crippen molar-refractivity contribution in [3.8, 4) is 5.75 Å². The van der Waals surface area contributed by atoms with Gasteiger partial charge in [0.15, 0.2) is 0 Å². The Morgan fingerprint density at radius 2 is 1.91 bits per heavy atom. The second kappa shape index (κ2) is 18.1. The van der Waals surface area contributed by atoms with Gasteiger partial charge in [-0.05, 0) is 115 Å². The molecule has 3 aliphatic rings. The van der Waals surface area contributed by atoms with Gasteiger partial charge >= 0.3 is 0 Å². The van der Waals surface area contributed by atoms with Gasteiger partial charge in [0, 0.05) is 24.9 Å². The normalized spacial score (nSPS) is 26.1. The number of hydrogen-bond acceptors (Lipinski definition) is 4. The van der Waals surface area contributed by atoms with E-state index in [1.54, 1.807) is 13.0 Å². The van der Waals surface area contributed by atoms with Crippen molar-refractivity contribution in [2.75, 3.05) is 13.7 Å². The predicted octanol–water partition coefficient (Wildman–Crippen LogP) is 8.61. The van der Waals surface area contributed by atoms with Crippen molar-refractivity contribution in [3.05, 3.63) is 65.5 Å². The number of halogens is 3. The van der Waals surface area contributed by atoms with Crippen molar-refractivity contribution in [1.82, 2.24) is 10.2 Å². The third-order valence-electron chi connectivity index (χ3n) is 7.98. The molecule has 0 unspecified atom stereocenters. The number of aliphatic imine (C=N–C) groups is 1. The molecular weight excluding hydrogens is 551 g/mol. The molecule has 2 fully saturated rings. The molecular formula is C35H52F3N3O2. The second-order valence-electron chi connectivity index (χ2n) is 12.3. The fourth-order valence-electron chi connectivity index (χ4n) is 5.78. The largest absolute Gasteiger partial charge is 0.491 e. The van der Waals surface area contributed by atoms with E-state index in [9.17, 15) is 18.0 Å². The maximum absolute atomic E-state index is 13.6. The van der Waals surface area contributed by atoms with Crippen molar-refractivity contribution in [1.29, 1.82) is 0 Å². The van der Waals surface area contributed by atoms with E-state index in [2.05, 4.69) is 42.3 Å². The molecule has 1 heterocycles. The molecule has 2 atom stereocenters. The van der Waals surface area contributed by atoms with Gasteiger partial charge in [0.1, 0.15) is 23.6 Å². The maximum atomic E-state index is 13.6. The Labute approximate surface area is 257 Å². The van der Waals surface area contributed by atoms with Crippen LogP contribution in [0, 0.1) is 5.41 Å². The number of nitrogens with one attached hydrogen (secondary N) is 1. The van der Waals surface area contributed by atoms with Crippen LogP contribution in [0.25, 0.3) is 0 Å². The molecule has 1 N–H and O–H groups in total. The summed E-state index contributed by atoms with van der Waals surface area (Å²) in [5, 5.41) is 3.04. The van der Waals surface area contributed by atoms with E-state index in [1.165, 1.54) is 11.6 Å². The number of alkyl halides is 2. The van der Waals surface area contributed by atoms with E-state index in [-0.39, 0.29) is 29.3 Å². The monoisotopic (exact) mass is 603 g/mol. The van der Waals surface area contributed by atoms with Crippen molar-refractivity contribution in [3.63, 3.8) is 0 Å². The van der Waals surface area contributed by atoms with Crippen LogP contribution in [-0.4, -0.2) is 54.7 Å². The van der Waals surface area contributed by atoms with Crippen LogP contribution in [-0.2, 0) is 11.3 Å². The van der Waals surface area contributed by atoms with Crippen molar-refractivity contribution in [2.45, 2.75) is 117 Å². The number of benzene rings is 1. The molecule has 1 aromatic rings. The summed E-state index contributed by atoms with van der Waals surface area (Å²) >= 11 is 0. The van der Waals surface area contributed by atoms with Gasteiger partial charge in [-0.2, -0.15) is 0 Å². The third kappa shape index (κ3) is 12.7. The lowest BCUT2D eigenvalue weighted by molar-refractivity contribution is -0.117. The second-order valence-corrected chi connectivity index (χ2v) is 12.3. The third-order valence-corrected chi connectivity index (χ3v) is 7.98. The van der Waals surface area contributed by atoms with E-state index in [1.807, 2.05) is 39.0 Å². The number of amides is 1. The van der Waals surface area contributed by atoms with Crippen LogP contribution in [0.2, 0.25) is 0 Å². The molecule has 0 radical (unpaired) electrons. The standard InChI is InChI=1S/C26H40FN3O2.C8H9F.CH3F/c1-18(2)32-24-8-6-7-21(15-24)17-30-14-13-26(5,16-19(30)3)25(28-20(4)31)29-23-11-9-22(27)10-12-23;1-7-4-2-3-5-8(9)6-7;1-2/h6-8,15,18-19,22-23H,9-14,16-17H2,1-5H3,(H,28,29,31);2,4-6H,3H2,1H3;1H3/t19-,22?,23?,26-;;/m0../s1. The topological polar surface area (TPSA) is 53.9 Å². The first-order valence-corrected chi connectivity index (χ1v) is 15.5. The SMILES string of the molecule is CC(=O)NC(=NC1CCC(F)CC1)[C@@]1(C)CCN(Cc2cccc(OC(C)C)c2)[C@@H](C)C1.CC1=CC(F)=CCC=C1.CF. The number of likely N-dealkylation sites (tertiary alicyclic amines) is 1. The van der Waals surface area contributed by atoms with Gasteiger partial charge in [0.2, 0.25) is 5.91 Å². The Bertz CT molecular complexity index is 1140. The molecule has 240 valence electrons. The lowest BCUT2D eigenvalue weighted by atomic mass is 9.75. The Morgan fingerprint density at radius 3 is 2.53 bits per heavy atom. The fourth-order valence-corrected chi connectivity index (χ4v) is 5.78. The molecule has 0 spiro atoms. The van der Waals surface area contributed by atoms with Gasteiger partial charge < -0.3 is 10.1 Å². The predicted molar refractivity (Wildman–Crippen MR) is 172 cm³/mol. The number of amidine groups is 1. The first-order chi connectivity index (χ1) is 20.4. The van der Waals surface area contributed by atoms with E-state index >= 15 is 0 Å². The van der Waals surface area contributed by atoms with Crippen LogP contribution in [0.4, 0.5) is 13.2 Å². The van der Waals surface area contributed by atoms with Crippen LogP contribution in [0.5, 0.6) is 5.75 Å². The van der Waals surface area contributed by atoms with Crippen molar-refractivity contribution in [2.24, 2.45) is 10.4 Å². The molecule has 5 nitrogen and oxygen atoms in total. The maximum Gasteiger partial charge on any atom is 0.222 e.